The van der Waals surface area contributed by atoms with Gasteiger partial charge in [0.05, 0.1) is 24.5 Å². The van der Waals surface area contributed by atoms with Gasteiger partial charge in [-0.25, -0.2) is 4.98 Å². The van der Waals surface area contributed by atoms with Gasteiger partial charge in [0.15, 0.2) is 0 Å². The molecule has 0 saturated carbocycles. The molecule has 1 aliphatic heterocycles. The first-order valence-electron chi connectivity index (χ1n) is 8.14. The van der Waals surface area contributed by atoms with Crippen LogP contribution in [0.3, 0.4) is 0 Å². The van der Waals surface area contributed by atoms with Crippen LogP contribution < -0.4 is 9.64 Å². The minimum Gasteiger partial charge on any atom is -0.481 e. The number of alkyl halides is 3. The van der Waals surface area contributed by atoms with E-state index in [9.17, 15) is 18.0 Å². The number of hydrogen-bond donors (Lipinski definition) is 1. The Morgan fingerprint density at radius 1 is 1.18 bits per heavy atom. The highest BCUT2D eigenvalue weighted by Gasteiger charge is 2.31. The molecule has 1 N–H and O–H groups in total. The van der Waals surface area contributed by atoms with E-state index in [2.05, 4.69) is 21.8 Å². The highest BCUT2D eigenvalue weighted by molar-refractivity contribution is 6.04. The molecule has 1 aromatic heterocycles. The van der Waals surface area contributed by atoms with E-state index in [1.807, 2.05) is 4.90 Å². The van der Waals surface area contributed by atoms with Gasteiger partial charge in [-0.1, -0.05) is 6.07 Å². The number of rotatable bonds is 3. The lowest BCUT2D eigenvalue weighted by atomic mass is 10.1. The van der Waals surface area contributed by atoms with Crippen LogP contribution in [0.2, 0.25) is 0 Å². The third kappa shape index (κ3) is 5.23. The number of hydrogen-bond acceptors (Lipinski definition) is 6. The summed E-state index contributed by atoms with van der Waals surface area (Å²) >= 11 is 3.64. The molecule has 0 bridgehead atoms. The molecule has 152 valence electrons. The number of nitrogens with zero attached hydrogens (tertiary/aromatic N) is 4. The number of aromatic nitrogens is 2. The third-order valence-corrected chi connectivity index (χ3v) is 4.11. The molecule has 1 aliphatic rings. The van der Waals surface area contributed by atoms with Crippen LogP contribution in [-0.4, -0.2) is 58.7 Å². The standard InChI is InChI=1S/C17H17F3N4O2.ClHO/c1-26-14-5-6-21-16(22-14)24-9-7-23(8-10-24)15(25)12-3-2-4-13(11-12)17(18,19)20;1-2/h2-6,11H,7-10H2,1H3;2H. The number of piperazine rings is 1. The van der Waals surface area contributed by atoms with E-state index in [0.717, 1.165) is 12.1 Å². The molecule has 1 saturated heterocycles. The maximum Gasteiger partial charge on any atom is 0.416 e. The first-order chi connectivity index (χ1) is 13.4. The van der Waals surface area contributed by atoms with Gasteiger partial charge in [0.25, 0.3) is 5.91 Å². The van der Waals surface area contributed by atoms with Gasteiger partial charge in [-0.15, -0.1) is 0 Å². The number of carbonyl (C=O) groups excluding carboxylic acids is 1. The van der Waals surface area contributed by atoms with Gasteiger partial charge in [-0.2, -0.15) is 18.2 Å². The SMILES string of the molecule is COc1ccnc(N2CCN(C(=O)c3cccc(C(F)(F)F)c3)CC2)n1.OCl. The van der Waals surface area contributed by atoms with E-state index in [1.165, 1.54) is 24.1 Å². The highest BCUT2D eigenvalue weighted by Crippen LogP contribution is 2.29. The molecule has 0 spiro atoms. The summed E-state index contributed by atoms with van der Waals surface area (Å²) in [6.07, 6.45) is -2.89. The summed E-state index contributed by atoms with van der Waals surface area (Å²) in [7, 11) is 1.51. The van der Waals surface area contributed by atoms with Gasteiger partial charge in [0.1, 0.15) is 0 Å². The number of ether oxygens (including phenoxy) is 1. The van der Waals surface area contributed by atoms with Crippen molar-refractivity contribution in [2.75, 3.05) is 38.2 Å². The number of methoxy groups -OCH3 is 1. The van der Waals surface area contributed by atoms with Crippen LogP contribution in [0.1, 0.15) is 15.9 Å². The van der Waals surface area contributed by atoms with Gasteiger partial charge in [-0.3, -0.25) is 9.45 Å². The molecule has 2 heterocycles. The van der Waals surface area contributed by atoms with E-state index in [4.69, 9.17) is 9.40 Å². The zero-order valence-corrected chi connectivity index (χ0v) is 15.6. The zero-order chi connectivity index (χ0) is 20.7. The van der Waals surface area contributed by atoms with Crippen molar-refractivity contribution in [3.8, 4) is 5.88 Å². The summed E-state index contributed by atoms with van der Waals surface area (Å²) in [5.41, 5.74) is -0.794. The highest BCUT2D eigenvalue weighted by atomic mass is 35.5. The van der Waals surface area contributed by atoms with E-state index >= 15 is 0 Å². The minimum atomic E-state index is -4.47. The van der Waals surface area contributed by atoms with Gasteiger partial charge in [-0.05, 0) is 18.2 Å². The Kier molecular flexibility index (Phi) is 7.41. The maximum atomic E-state index is 12.8. The van der Waals surface area contributed by atoms with Crippen LogP contribution in [0, 0.1) is 0 Å². The van der Waals surface area contributed by atoms with E-state index in [1.54, 1.807) is 12.3 Å². The number of amides is 1. The Morgan fingerprint density at radius 3 is 2.46 bits per heavy atom. The quantitative estimate of drug-likeness (QED) is 0.825. The maximum absolute atomic E-state index is 12.8. The molecule has 1 aromatic carbocycles. The van der Waals surface area contributed by atoms with Crippen LogP contribution in [0.5, 0.6) is 5.88 Å². The Hall–Kier alpha value is -2.59. The van der Waals surface area contributed by atoms with Crippen molar-refractivity contribution in [1.82, 2.24) is 14.9 Å². The van der Waals surface area contributed by atoms with Crippen molar-refractivity contribution in [3.63, 3.8) is 0 Å². The van der Waals surface area contributed by atoms with Crippen molar-refractivity contribution in [2.24, 2.45) is 0 Å². The average Bonchev–Trinajstić information content (AvgIpc) is 2.74. The van der Waals surface area contributed by atoms with Crippen LogP contribution in [0.4, 0.5) is 19.1 Å². The second-order valence-corrected chi connectivity index (χ2v) is 5.76. The van der Waals surface area contributed by atoms with E-state index < -0.39 is 17.6 Å². The fourth-order valence-corrected chi connectivity index (χ4v) is 2.72. The minimum absolute atomic E-state index is 0.0332. The largest absolute Gasteiger partial charge is 0.481 e. The van der Waals surface area contributed by atoms with Crippen LogP contribution >= 0.6 is 11.9 Å². The van der Waals surface area contributed by atoms with Gasteiger partial charge >= 0.3 is 6.18 Å². The fraction of sp³-hybridized carbons (Fsp3) is 0.353. The summed E-state index contributed by atoms with van der Waals surface area (Å²) in [5, 5.41) is 0. The molecule has 28 heavy (non-hydrogen) atoms. The molecule has 0 radical (unpaired) electrons. The Morgan fingerprint density at radius 2 is 1.86 bits per heavy atom. The fourth-order valence-electron chi connectivity index (χ4n) is 2.72. The lowest BCUT2D eigenvalue weighted by molar-refractivity contribution is -0.137. The Labute approximate surface area is 164 Å². The van der Waals surface area contributed by atoms with Gasteiger partial charge < -0.3 is 14.5 Å². The van der Waals surface area contributed by atoms with E-state index in [-0.39, 0.29) is 5.56 Å². The first kappa shape index (κ1) is 21.7. The lowest BCUT2D eigenvalue weighted by Crippen LogP contribution is -2.49. The Bertz CT molecular complexity index is 799. The summed E-state index contributed by atoms with van der Waals surface area (Å²) in [6.45, 7) is 1.71. The molecule has 2 aromatic rings. The first-order valence-corrected chi connectivity index (χ1v) is 8.48. The van der Waals surface area contributed by atoms with Gasteiger partial charge in [0.2, 0.25) is 11.8 Å². The summed E-state index contributed by atoms with van der Waals surface area (Å²) in [4.78, 5) is 24.4. The molecular formula is C17H18ClF3N4O3. The number of benzene rings is 1. The average molecular weight is 419 g/mol. The predicted molar refractivity (Wildman–Crippen MR) is 96.2 cm³/mol. The zero-order valence-electron chi connectivity index (χ0n) is 14.9. The monoisotopic (exact) mass is 418 g/mol. The van der Waals surface area contributed by atoms with Gasteiger partial charge in [0, 0.05) is 44.0 Å². The van der Waals surface area contributed by atoms with E-state index in [0.29, 0.717) is 38.0 Å². The molecule has 0 unspecified atom stereocenters. The normalized spacial score (nSPS) is 14.2. The second-order valence-electron chi connectivity index (χ2n) is 5.76. The molecule has 11 heteroatoms. The molecule has 0 atom stereocenters. The molecule has 1 amide bonds. The van der Waals surface area contributed by atoms with Crippen molar-refractivity contribution in [1.29, 1.82) is 0 Å². The van der Waals surface area contributed by atoms with Crippen LogP contribution in [0.15, 0.2) is 36.5 Å². The van der Waals surface area contributed by atoms with Crippen molar-refractivity contribution in [2.45, 2.75) is 6.18 Å². The molecule has 3 rings (SSSR count). The predicted octanol–water partition coefficient (Wildman–Crippen LogP) is 2.60. The lowest BCUT2D eigenvalue weighted by Gasteiger charge is -2.34. The number of anilines is 1. The smallest absolute Gasteiger partial charge is 0.416 e. The van der Waals surface area contributed by atoms with Crippen molar-refractivity contribution in [3.05, 3.63) is 47.7 Å². The molecule has 0 aliphatic carbocycles. The molecule has 1 fully saturated rings. The van der Waals surface area contributed by atoms with Crippen LogP contribution in [0.25, 0.3) is 0 Å². The second kappa shape index (κ2) is 9.56. The summed E-state index contributed by atoms with van der Waals surface area (Å²) in [6, 6.07) is 6.12. The number of carbonyl (C=O) groups is 1. The number of halogens is 4. The third-order valence-electron chi connectivity index (χ3n) is 4.11. The van der Waals surface area contributed by atoms with Crippen LogP contribution in [-0.2, 0) is 6.18 Å². The summed E-state index contributed by atoms with van der Waals surface area (Å²) < 4.78 is 50.0. The molecule has 7 nitrogen and oxygen atoms in total. The topological polar surface area (TPSA) is 78.8 Å². The summed E-state index contributed by atoms with van der Waals surface area (Å²) in [5.74, 6) is 0.523. The molecular weight excluding hydrogens is 401 g/mol. The van der Waals surface area contributed by atoms with Crippen molar-refractivity contribution >= 4 is 23.7 Å². The Balaban J connectivity index is 0.00000136. The van der Waals surface area contributed by atoms with Crippen molar-refractivity contribution < 1.29 is 27.4 Å².